The first-order valence-electron chi connectivity index (χ1n) is 12.6. The zero-order valence-corrected chi connectivity index (χ0v) is 22.4. The summed E-state index contributed by atoms with van der Waals surface area (Å²) in [4.78, 5) is 21.4. The number of aromatic carboxylic acids is 1. The minimum Gasteiger partial charge on any atom is -0.478 e. The van der Waals surface area contributed by atoms with Crippen LogP contribution in [0, 0.1) is 0 Å². The molecule has 0 fully saturated rings. The fourth-order valence-electron chi connectivity index (χ4n) is 4.89. The highest BCUT2D eigenvalue weighted by atomic mass is 31.2. The van der Waals surface area contributed by atoms with Crippen LogP contribution in [0.5, 0.6) is 5.75 Å². The van der Waals surface area contributed by atoms with Gasteiger partial charge in [0, 0.05) is 0 Å². The number of carbonyl (C=O) groups is 1. The number of carboxylic acid groups (broad SMARTS) is 1. The fraction of sp³-hybridized carbons (Fsp3) is 0.0606. The molecule has 0 aliphatic rings. The largest absolute Gasteiger partial charge is 0.527 e. The monoisotopic (exact) mass is 550 g/mol. The Bertz CT molecular complexity index is 1510. The zero-order chi connectivity index (χ0) is 28.0. The Morgan fingerprint density at radius 1 is 0.625 bits per heavy atom. The number of hydrogen-bond donors (Lipinski definition) is 2. The van der Waals surface area contributed by atoms with Gasteiger partial charge in [0.2, 0.25) is 0 Å². The van der Waals surface area contributed by atoms with Crippen LogP contribution in [-0.2, 0) is 21.1 Å². The van der Waals surface area contributed by atoms with Crippen molar-refractivity contribution < 1.29 is 28.4 Å². The van der Waals surface area contributed by atoms with Crippen LogP contribution in [0.2, 0.25) is 0 Å². The van der Waals surface area contributed by atoms with Gasteiger partial charge in [-0.15, -0.1) is 0 Å². The van der Waals surface area contributed by atoms with E-state index in [2.05, 4.69) is 36.4 Å². The van der Waals surface area contributed by atoms with Crippen LogP contribution in [0.4, 0.5) is 0 Å². The van der Waals surface area contributed by atoms with E-state index in [1.54, 1.807) is 12.1 Å². The van der Waals surface area contributed by atoms with Gasteiger partial charge < -0.3 is 9.63 Å². The lowest BCUT2D eigenvalue weighted by atomic mass is 9.65. The lowest BCUT2D eigenvalue weighted by molar-refractivity contribution is 0.0696. The Kier molecular flexibility index (Phi) is 7.94. The maximum absolute atomic E-state index is 12.7. The second-order valence-corrected chi connectivity index (χ2v) is 10.6. The fourth-order valence-corrected chi connectivity index (χ4v) is 5.64. The van der Waals surface area contributed by atoms with Crippen molar-refractivity contribution in [3.63, 3.8) is 0 Å². The molecule has 0 heterocycles. The zero-order valence-electron chi connectivity index (χ0n) is 21.5. The van der Waals surface area contributed by atoms with Gasteiger partial charge in [0.15, 0.2) is 0 Å². The van der Waals surface area contributed by atoms with E-state index in [9.17, 15) is 14.3 Å². The molecule has 0 amide bonds. The molecule has 0 saturated heterocycles. The van der Waals surface area contributed by atoms with Crippen molar-refractivity contribution in [3.05, 3.63) is 173 Å². The van der Waals surface area contributed by atoms with Crippen LogP contribution in [0.3, 0.4) is 0 Å². The number of rotatable bonds is 10. The van der Waals surface area contributed by atoms with Crippen LogP contribution >= 0.6 is 7.82 Å². The van der Waals surface area contributed by atoms with E-state index >= 15 is 0 Å². The number of phosphoric acid groups is 1. The Labute approximate surface area is 232 Å². The summed E-state index contributed by atoms with van der Waals surface area (Å²) >= 11 is 0. The standard InChI is InChI=1S/C33H27O6P/c34-32(35)26-18-16-25(17-19-26)24-38-40(36,37)39-31-22-20-30(21-23-31)33(27-10-4-1-5-11-27,28-12-6-2-7-13-28)29-14-8-3-9-15-29/h1-23H,24H2,(H,34,35)(H,36,37). The van der Waals surface area contributed by atoms with Crippen molar-refractivity contribution in [3.8, 4) is 5.75 Å². The molecule has 6 nitrogen and oxygen atoms in total. The summed E-state index contributed by atoms with van der Waals surface area (Å²) in [5, 5.41) is 9.03. The second-order valence-electron chi connectivity index (χ2n) is 9.21. The van der Waals surface area contributed by atoms with Gasteiger partial charge in [-0.3, -0.25) is 9.42 Å². The van der Waals surface area contributed by atoms with Gasteiger partial charge in [-0.2, -0.15) is 0 Å². The first kappa shape index (κ1) is 27.1. The molecule has 1 unspecified atom stereocenters. The van der Waals surface area contributed by atoms with E-state index in [0.29, 0.717) is 5.56 Å². The van der Waals surface area contributed by atoms with Gasteiger partial charge in [-0.1, -0.05) is 115 Å². The average molecular weight is 551 g/mol. The van der Waals surface area contributed by atoms with Crippen molar-refractivity contribution in [1.82, 2.24) is 0 Å². The van der Waals surface area contributed by atoms with E-state index in [4.69, 9.17) is 14.2 Å². The Hall–Kier alpha value is -4.48. The summed E-state index contributed by atoms with van der Waals surface area (Å²) in [6.07, 6.45) is 0. The maximum atomic E-state index is 12.7. The third-order valence-corrected chi connectivity index (χ3v) is 7.62. The summed E-state index contributed by atoms with van der Waals surface area (Å²) in [6.45, 7) is -0.217. The number of hydrogen-bond acceptors (Lipinski definition) is 4. The molecule has 0 radical (unpaired) electrons. The van der Waals surface area contributed by atoms with Crippen molar-refractivity contribution in [2.24, 2.45) is 0 Å². The Morgan fingerprint density at radius 3 is 1.48 bits per heavy atom. The second kappa shape index (κ2) is 11.7. The van der Waals surface area contributed by atoms with Crippen LogP contribution in [0.15, 0.2) is 140 Å². The molecule has 5 aromatic rings. The number of phosphoric ester groups is 1. The van der Waals surface area contributed by atoms with Gasteiger partial charge in [-0.05, 0) is 52.1 Å². The number of benzene rings is 5. The molecule has 7 heteroatoms. The molecule has 0 spiro atoms. The Morgan fingerprint density at radius 2 is 1.05 bits per heavy atom. The third kappa shape index (κ3) is 5.75. The van der Waals surface area contributed by atoms with Gasteiger partial charge in [0.25, 0.3) is 0 Å². The molecule has 2 N–H and O–H groups in total. The van der Waals surface area contributed by atoms with Gasteiger partial charge >= 0.3 is 13.8 Å². The lowest BCUT2D eigenvalue weighted by Crippen LogP contribution is -2.30. The first-order valence-corrected chi connectivity index (χ1v) is 14.1. The van der Waals surface area contributed by atoms with Crippen LogP contribution in [-0.4, -0.2) is 16.0 Å². The highest BCUT2D eigenvalue weighted by Crippen LogP contribution is 2.47. The molecule has 0 saturated carbocycles. The Balaban J connectivity index is 1.46. The average Bonchev–Trinajstić information content (AvgIpc) is 2.99. The first-order chi connectivity index (χ1) is 19.4. The molecule has 5 rings (SSSR count). The molecule has 0 bridgehead atoms. The molecule has 5 aromatic carbocycles. The third-order valence-electron chi connectivity index (χ3n) is 6.72. The van der Waals surface area contributed by atoms with E-state index in [-0.39, 0.29) is 17.9 Å². The molecule has 0 aliphatic carbocycles. The maximum Gasteiger partial charge on any atom is 0.527 e. The SMILES string of the molecule is O=C(O)c1ccc(COP(=O)(O)Oc2ccc(C(c3ccccc3)(c3ccccc3)c3ccccc3)cc2)cc1. The van der Waals surface area contributed by atoms with Gasteiger partial charge in [0.05, 0.1) is 17.6 Å². The summed E-state index contributed by atoms with van der Waals surface area (Å²) < 4.78 is 23.2. The van der Waals surface area contributed by atoms with Crippen molar-refractivity contribution in [2.75, 3.05) is 0 Å². The minimum atomic E-state index is -4.46. The van der Waals surface area contributed by atoms with Crippen LogP contribution < -0.4 is 4.52 Å². The van der Waals surface area contributed by atoms with E-state index in [0.717, 1.165) is 22.3 Å². The molecular weight excluding hydrogens is 523 g/mol. The highest BCUT2D eigenvalue weighted by Gasteiger charge is 2.38. The summed E-state index contributed by atoms with van der Waals surface area (Å²) in [7, 11) is -4.46. The smallest absolute Gasteiger partial charge is 0.478 e. The van der Waals surface area contributed by atoms with Gasteiger partial charge in [0.1, 0.15) is 5.75 Å². The quantitative estimate of drug-likeness (QED) is 0.138. The summed E-state index contributed by atoms with van der Waals surface area (Å²) in [5.74, 6) is -0.873. The predicted molar refractivity (Wildman–Crippen MR) is 153 cm³/mol. The van der Waals surface area contributed by atoms with Crippen LogP contribution in [0.1, 0.15) is 38.2 Å². The van der Waals surface area contributed by atoms with E-state index < -0.39 is 19.2 Å². The molecule has 40 heavy (non-hydrogen) atoms. The highest BCUT2D eigenvalue weighted by molar-refractivity contribution is 7.47. The predicted octanol–water partition coefficient (Wildman–Crippen LogP) is 7.46. The number of carboxylic acids is 1. The van der Waals surface area contributed by atoms with Crippen molar-refractivity contribution in [1.29, 1.82) is 0 Å². The molecule has 1 atom stereocenters. The molecular formula is C33H27O6P. The van der Waals surface area contributed by atoms with E-state index in [1.165, 1.54) is 24.3 Å². The molecule has 200 valence electrons. The van der Waals surface area contributed by atoms with Crippen LogP contribution in [0.25, 0.3) is 0 Å². The normalized spacial score (nSPS) is 12.8. The summed E-state index contributed by atoms with van der Waals surface area (Å²) in [5.41, 5.74) is 4.18. The lowest BCUT2D eigenvalue weighted by Gasteiger charge is -2.36. The molecule has 0 aromatic heterocycles. The van der Waals surface area contributed by atoms with Crippen molar-refractivity contribution >= 4 is 13.8 Å². The summed E-state index contributed by atoms with van der Waals surface area (Å²) in [6, 6.07) is 43.6. The van der Waals surface area contributed by atoms with E-state index in [1.807, 2.05) is 66.7 Å². The minimum absolute atomic E-state index is 0.116. The van der Waals surface area contributed by atoms with Gasteiger partial charge in [-0.25, -0.2) is 9.36 Å². The van der Waals surface area contributed by atoms with Crippen molar-refractivity contribution in [2.45, 2.75) is 12.0 Å². The molecule has 0 aliphatic heterocycles. The topological polar surface area (TPSA) is 93.1 Å².